The van der Waals surface area contributed by atoms with E-state index in [-0.39, 0.29) is 25.0 Å². The van der Waals surface area contributed by atoms with Crippen molar-refractivity contribution in [2.24, 2.45) is 4.99 Å². The van der Waals surface area contributed by atoms with Gasteiger partial charge in [0.05, 0.1) is 36.4 Å². The van der Waals surface area contributed by atoms with Crippen molar-refractivity contribution in [2.75, 3.05) is 19.8 Å². The maximum atomic E-state index is 12.9. The van der Waals surface area contributed by atoms with Gasteiger partial charge in [-0.3, -0.25) is 4.79 Å². The minimum absolute atomic E-state index is 0.0786. The van der Waals surface area contributed by atoms with E-state index in [1.807, 2.05) is 28.5 Å². The van der Waals surface area contributed by atoms with Crippen LogP contribution in [0.2, 0.25) is 5.02 Å². The number of carbonyl (C=O) groups is 2. The Bertz CT molecular complexity index is 1000. The van der Waals surface area contributed by atoms with Crippen LogP contribution < -0.4 is 5.32 Å². The number of thioether (sulfide) groups is 1. The number of rotatable bonds is 7. The molecule has 2 atom stereocenters. The number of benzene rings is 1. The van der Waals surface area contributed by atoms with Gasteiger partial charge in [-0.05, 0) is 43.7 Å². The first-order chi connectivity index (χ1) is 15.5. The second-order valence-electron chi connectivity index (χ2n) is 7.75. The summed E-state index contributed by atoms with van der Waals surface area (Å²) in [5.74, 6) is -0.535. The molecule has 3 aliphatic rings. The Labute approximate surface area is 196 Å². The van der Waals surface area contributed by atoms with Crippen molar-refractivity contribution >= 4 is 40.4 Å². The minimum atomic E-state index is -0.525. The van der Waals surface area contributed by atoms with E-state index in [0.29, 0.717) is 28.0 Å². The molecule has 1 amide bonds. The molecule has 3 aliphatic heterocycles. The fraction of sp³-hybridized carbons (Fsp3) is 0.435. The highest BCUT2D eigenvalue weighted by Crippen LogP contribution is 2.46. The number of hydrogen-bond donors (Lipinski definition) is 1. The summed E-state index contributed by atoms with van der Waals surface area (Å²) in [7, 11) is 0. The van der Waals surface area contributed by atoms with Crippen LogP contribution in [-0.2, 0) is 19.1 Å². The molecule has 0 aromatic heterocycles. The zero-order valence-electron chi connectivity index (χ0n) is 18.1. The number of ether oxygens (including phenoxy) is 2. The van der Waals surface area contributed by atoms with E-state index in [2.05, 4.69) is 10.3 Å². The second-order valence-corrected chi connectivity index (χ2v) is 8.99. The molecule has 0 spiro atoms. The van der Waals surface area contributed by atoms with Gasteiger partial charge in [-0.2, -0.15) is 0 Å². The fourth-order valence-electron chi connectivity index (χ4n) is 4.09. The second kappa shape index (κ2) is 10.1. The number of fused-ring (bicyclic) bond motifs is 1. The Morgan fingerprint density at radius 3 is 2.91 bits per heavy atom. The minimum Gasteiger partial charge on any atom is -0.463 e. The maximum absolute atomic E-state index is 12.9. The molecule has 3 heterocycles. The number of nitrogens with one attached hydrogen (secondary N) is 1. The third-order valence-corrected chi connectivity index (χ3v) is 6.82. The third kappa shape index (κ3) is 4.72. The topological polar surface area (TPSA) is 80.2 Å². The van der Waals surface area contributed by atoms with Gasteiger partial charge in [0, 0.05) is 23.9 Å². The van der Waals surface area contributed by atoms with Crippen molar-refractivity contribution in [3.8, 4) is 0 Å². The van der Waals surface area contributed by atoms with Gasteiger partial charge in [-0.1, -0.05) is 41.6 Å². The van der Waals surface area contributed by atoms with Gasteiger partial charge in [0.15, 0.2) is 5.17 Å². The van der Waals surface area contributed by atoms with Crippen LogP contribution in [0.4, 0.5) is 0 Å². The van der Waals surface area contributed by atoms with Gasteiger partial charge >= 0.3 is 5.97 Å². The Morgan fingerprint density at radius 2 is 2.19 bits per heavy atom. The monoisotopic (exact) mass is 475 g/mol. The lowest BCUT2D eigenvalue weighted by Crippen LogP contribution is -2.39. The molecule has 1 saturated heterocycles. The first-order valence-electron chi connectivity index (χ1n) is 10.7. The van der Waals surface area contributed by atoms with Gasteiger partial charge in [-0.25, -0.2) is 9.79 Å². The van der Waals surface area contributed by atoms with Crippen molar-refractivity contribution in [3.63, 3.8) is 0 Å². The van der Waals surface area contributed by atoms with Crippen LogP contribution in [0, 0.1) is 0 Å². The summed E-state index contributed by atoms with van der Waals surface area (Å²) < 4.78 is 10.9. The van der Waals surface area contributed by atoms with Gasteiger partial charge in [0.2, 0.25) is 5.91 Å². The number of halogens is 1. The Balaban J connectivity index is 1.61. The first kappa shape index (κ1) is 22.9. The number of amidine groups is 1. The molecule has 1 fully saturated rings. The molecule has 0 radical (unpaired) electrons. The molecule has 1 N–H and O–H groups in total. The zero-order valence-corrected chi connectivity index (χ0v) is 19.7. The van der Waals surface area contributed by atoms with Crippen molar-refractivity contribution in [1.82, 2.24) is 10.2 Å². The Hall–Kier alpha value is -2.29. The highest BCUT2D eigenvalue weighted by molar-refractivity contribution is 8.16. The predicted molar refractivity (Wildman–Crippen MR) is 125 cm³/mol. The van der Waals surface area contributed by atoms with E-state index in [4.69, 9.17) is 21.1 Å². The van der Waals surface area contributed by atoms with Crippen LogP contribution in [0.15, 0.2) is 51.6 Å². The molecule has 0 bridgehead atoms. The molecule has 1 aromatic rings. The first-order valence-corrected chi connectivity index (χ1v) is 12.0. The SMILES string of the molecule is CCOC(=O)C1=C(C)N=C2SC=C(CC(=O)NC[C@@H]3CCCO3)N2[C@H]1c1ccccc1Cl. The summed E-state index contributed by atoms with van der Waals surface area (Å²) in [6.45, 7) is 5.07. The average molecular weight is 476 g/mol. The van der Waals surface area contributed by atoms with Crippen LogP contribution in [0.3, 0.4) is 0 Å². The molecular formula is C23H26ClN3O4S. The van der Waals surface area contributed by atoms with Crippen LogP contribution in [0.1, 0.15) is 44.7 Å². The highest BCUT2D eigenvalue weighted by atomic mass is 35.5. The molecule has 170 valence electrons. The Kier molecular flexibility index (Phi) is 7.23. The number of carbonyl (C=O) groups excluding carboxylic acids is 2. The quantitative estimate of drug-likeness (QED) is 0.596. The number of esters is 1. The summed E-state index contributed by atoms with van der Waals surface area (Å²) >= 11 is 7.99. The van der Waals surface area contributed by atoms with Crippen molar-refractivity contribution in [2.45, 2.75) is 45.3 Å². The third-order valence-electron chi connectivity index (χ3n) is 5.59. The largest absolute Gasteiger partial charge is 0.463 e. The molecule has 1 aromatic carbocycles. The summed E-state index contributed by atoms with van der Waals surface area (Å²) in [5, 5.41) is 6.12. The summed E-state index contributed by atoms with van der Waals surface area (Å²) in [6.07, 6.45) is 2.23. The number of aliphatic imine (C=N–C) groups is 1. The lowest BCUT2D eigenvalue weighted by Gasteiger charge is -2.36. The smallest absolute Gasteiger partial charge is 0.338 e. The van der Waals surface area contributed by atoms with E-state index in [1.165, 1.54) is 11.8 Å². The van der Waals surface area contributed by atoms with E-state index in [0.717, 1.165) is 30.7 Å². The van der Waals surface area contributed by atoms with Crippen LogP contribution in [-0.4, -0.2) is 47.8 Å². The molecule has 9 heteroatoms. The number of hydrogen-bond acceptors (Lipinski definition) is 7. The predicted octanol–water partition coefficient (Wildman–Crippen LogP) is 4.16. The Morgan fingerprint density at radius 1 is 1.38 bits per heavy atom. The lowest BCUT2D eigenvalue weighted by atomic mass is 9.93. The fourth-order valence-corrected chi connectivity index (χ4v) is 5.29. The van der Waals surface area contributed by atoms with E-state index >= 15 is 0 Å². The van der Waals surface area contributed by atoms with Gasteiger partial charge in [0.1, 0.15) is 0 Å². The van der Waals surface area contributed by atoms with Gasteiger partial charge < -0.3 is 19.7 Å². The normalized spacial score (nSPS) is 22.4. The zero-order chi connectivity index (χ0) is 22.7. The maximum Gasteiger partial charge on any atom is 0.338 e. The van der Waals surface area contributed by atoms with Gasteiger partial charge in [-0.15, -0.1) is 0 Å². The molecule has 0 aliphatic carbocycles. The number of nitrogens with zero attached hydrogens (tertiary/aromatic N) is 2. The van der Waals surface area contributed by atoms with E-state index < -0.39 is 12.0 Å². The number of amides is 1. The molecule has 7 nitrogen and oxygen atoms in total. The number of allylic oxidation sites excluding steroid dienone is 1. The van der Waals surface area contributed by atoms with E-state index in [9.17, 15) is 9.59 Å². The summed E-state index contributed by atoms with van der Waals surface area (Å²) in [4.78, 5) is 32.2. The average Bonchev–Trinajstić information content (AvgIpc) is 3.42. The highest BCUT2D eigenvalue weighted by Gasteiger charge is 2.41. The summed E-state index contributed by atoms with van der Waals surface area (Å²) in [6, 6.07) is 6.88. The van der Waals surface area contributed by atoms with Gasteiger partial charge in [0.25, 0.3) is 0 Å². The van der Waals surface area contributed by atoms with Crippen LogP contribution in [0.25, 0.3) is 0 Å². The molecular weight excluding hydrogens is 450 g/mol. The molecule has 0 unspecified atom stereocenters. The summed E-state index contributed by atoms with van der Waals surface area (Å²) in [5.41, 5.74) is 2.54. The van der Waals surface area contributed by atoms with Crippen molar-refractivity contribution < 1.29 is 19.1 Å². The van der Waals surface area contributed by atoms with Crippen molar-refractivity contribution in [3.05, 3.63) is 57.2 Å². The van der Waals surface area contributed by atoms with Crippen molar-refractivity contribution in [1.29, 1.82) is 0 Å². The molecule has 4 rings (SSSR count). The standard InChI is InChI=1S/C23H26ClN3O4S/c1-3-30-22(29)20-14(2)26-23-27(21(20)17-8-4-5-9-18(17)24)15(13-32-23)11-19(28)25-12-16-7-6-10-31-16/h4-5,8-9,13,16,21H,3,6-7,10-12H2,1-2H3,(H,25,28)/t16-,21-/m0/s1. The van der Waals surface area contributed by atoms with Crippen LogP contribution >= 0.6 is 23.4 Å². The lowest BCUT2D eigenvalue weighted by molar-refractivity contribution is -0.139. The van der Waals surface area contributed by atoms with Crippen LogP contribution in [0.5, 0.6) is 0 Å². The molecule has 0 saturated carbocycles. The van der Waals surface area contributed by atoms with E-state index in [1.54, 1.807) is 19.9 Å². The molecule has 32 heavy (non-hydrogen) atoms.